The highest BCUT2D eigenvalue weighted by Crippen LogP contribution is 2.33. The van der Waals surface area contributed by atoms with E-state index in [0.717, 1.165) is 12.8 Å². The van der Waals surface area contributed by atoms with Crippen LogP contribution < -0.4 is 0 Å². The molecule has 0 spiro atoms. The Balaban J connectivity index is 2.01. The fourth-order valence-electron chi connectivity index (χ4n) is 2.33. The molecule has 14 heavy (non-hydrogen) atoms. The summed E-state index contributed by atoms with van der Waals surface area (Å²) >= 11 is 6.18. The summed E-state index contributed by atoms with van der Waals surface area (Å²) in [5.74, 6) is 1.10. The summed E-state index contributed by atoms with van der Waals surface area (Å²) in [6.45, 7) is 1.35. The standard InChI is InChI=1S/C9H15ClO3S/c10-9-1-3-13-5-8(9)7-2-4-14(11,12)6-7/h7-9H,1-6H2. The molecule has 0 aliphatic carbocycles. The van der Waals surface area contributed by atoms with Crippen LogP contribution in [0.25, 0.3) is 0 Å². The molecule has 0 bridgehead atoms. The largest absolute Gasteiger partial charge is 0.381 e. The highest BCUT2D eigenvalue weighted by molar-refractivity contribution is 7.91. The highest BCUT2D eigenvalue weighted by Gasteiger charge is 2.38. The molecule has 0 aromatic rings. The number of alkyl halides is 1. The Labute approximate surface area is 89.7 Å². The van der Waals surface area contributed by atoms with Crippen molar-refractivity contribution in [1.82, 2.24) is 0 Å². The van der Waals surface area contributed by atoms with Gasteiger partial charge in [-0.05, 0) is 18.8 Å². The van der Waals surface area contributed by atoms with Crippen molar-refractivity contribution < 1.29 is 13.2 Å². The van der Waals surface area contributed by atoms with Crippen molar-refractivity contribution in [2.45, 2.75) is 18.2 Å². The fraction of sp³-hybridized carbons (Fsp3) is 1.00. The Hall–Kier alpha value is 0.200. The van der Waals surface area contributed by atoms with Gasteiger partial charge in [0, 0.05) is 17.9 Å². The predicted octanol–water partition coefficient (Wildman–Crippen LogP) is 1.07. The van der Waals surface area contributed by atoms with Crippen LogP contribution >= 0.6 is 11.6 Å². The van der Waals surface area contributed by atoms with Crippen molar-refractivity contribution in [1.29, 1.82) is 0 Å². The Morgan fingerprint density at radius 1 is 1.29 bits per heavy atom. The number of sulfone groups is 1. The zero-order valence-electron chi connectivity index (χ0n) is 7.99. The fourth-order valence-corrected chi connectivity index (χ4v) is 4.59. The topological polar surface area (TPSA) is 43.4 Å². The van der Waals surface area contributed by atoms with Gasteiger partial charge >= 0.3 is 0 Å². The van der Waals surface area contributed by atoms with E-state index in [-0.39, 0.29) is 17.2 Å². The molecule has 0 radical (unpaired) electrons. The number of rotatable bonds is 1. The summed E-state index contributed by atoms with van der Waals surface area (Å²) in [4.78, 5) is 0. The van der Waals surface area contributed by atoms with E-state index in [1.54, 1.807) is 0 Å². The molecule has 2 aliphatic heterocycles. The third-order valence-corrected chi connectivity index (χ3v) is 5.52. The summed E-state index contributed by atoms with van der Waals surface area (Å²) in [6.07, 6.45) is 1.61. The Bertz CT molecular complexity index is 301. The quantitative estimate of drug-likeness (QED) is 0.642. The van der Waals surface area contributed by atoms with E-state index >= 15 is 0 Å². The van der Waals surface area contributed by atoms with Gasteiger partial charge in [0.25, 0.3) is 0 Å². The van der Waals surface area contributed by atoms with Crippen LogP contribution in [-0.4, -0.2) is 38.5 Å². The molecular weight excluding hydrogens is 224 g/mol. The van der Waals surface area contributed by atoms with Gasteiger partial charge in [-0.15, -0.1) is 11.6 Å². The average Bonchev–Trinajstić information content (AvgIpc) is 2.47. The van der Waals surface area contributed by atoms with Crippen LogP contribution in [0.2, 0.25) is 0 Å². The minimum atomic E-state index is -2.78. The van der Waals surface area contributed by atoms with Gasteiger partial charge in [0.1, 0.15) is 0 Å². The maximum atomic E-state index is 11.3. The zero-order chi connectivity index (χ0) is 10.2. The van der Waals surface area contributed by atoms with Crippen LogP contribution in [0.5, 0.6) is 0 Å². The molecule has 0 amide bonds. The predicted molar refractivity (Wildman–Crippen MR) is 55.3 cm³/mol. The number of halogens is 1. The van der Waals surface area contributed by atoms with Gasteiger partial charge in [-0.3, -0.25) is 0 Å². The highest BCUT2D eigenvalue weighted by atomic mass is 35.5. The lowest BCUT2D eigenvalue weighted by Gasteiger charge is -2.31. The van der Waals surface area contributed by atoms with Gasteiger partial charge in [-0.25, -0.2) is 8.42 Å². The van der Waals surface area contributed by atoms with Crippen LogP contribution in [0, 0.1) is 11.8 Å². The van der Waals surface area contributed by atoms with Crippen molar-refractivity contribution in [3.05, 3.63) is 0 Å². The molecule has 3 nitrogen and oxygen atoms in total. The first-order valence-electron chi connectivity index (χ1n) is 5.01. The second-order valence-corrected chi connectivity index (χ2v) is 7.00. The maximum absolute atomic E-state index is 11.3. The van der Waals surface area contributed by atoms with Crippen molar-refractivity contribution in [2.75, 3.05) is 24.7 Å². The van der Waals surface area contributed by atoms with Crippen LogP contribution in [0.3, 0.4) is 0 Å². The smallest absolute Gasteiger partial charge is 0.150 e. The molecule has 82 valence electrons. The zero-order valence-corrected chi connectivity index (χ0v) is 9.56. The molecule has 3 atom stereocenters. The van der Waals surface area contributed by atoms with E-state index in [1.807, 2.05) is 0 Å². The second-order valence-electron chi connectivity index (χ2n) is 4.21. The molecular formula is C9H15ClO3S. The first-order chi connectivity index (χ1) is 6.58. The first kappa shape index (κ1) is 10.7. The molecule has 2 rings (SSSR count). The molecule has 2 aliphatic rings. The lowest BCUT2D eigenvalue weighted by molar-refractivity contribution is 0.0383. The first-order valence-corrected chi connectivity index (χ1v) is 7.26. The Morgan fingerprint density at radius 2 is 2.07 bits per heavy atom. The summed E-state index contributed by atoms with van der Waals surface area (Å²) in [5.41, 5.74) is 0. The molecule has 0 aromatic carbocycles. The van der Waals surface area contributed by atoms with Crippen LogP contribution in [0.1, 0.15) is 12.8 Å². The summed E-state index contributed by atoms with van der Waals surface area (Å²) in [6, 6.07) is 0. The van der Waals surface area contributed by atoms with Gasteiger partial charge in [0.05, 0.1) is 18.1 Å². The Kier molecular flexibility index (Phi) is 3.05. The molecule has 3 unspecified atom stereocenters. The monoisotopic (exact) mass is 238 g/mol. The second kappa shape index (κ2) is 3.99. The van der Waals surface area contributed by atoms with E-state index in [1.165, 1.54) is 0 Å². The van der Waals surface area contributed by atoms with E-state index in [4.69, 9.17) is 16.3 Å². The molecule has 0 saturated carbocycles. The minimum absolute atomic E-state index is 0.0991. The molecule has 2 heterocycles. The third kappa shape index (κ3) is 2.23. The number of hydrogen-bond donors (Lipinski definition) is 0. The van der Waals surface area contributed by atoms with Gasteiger partial charge in [-0.1, -0.05) is 0 Å². The normalized spacial score (nSPS) is 42.5. The van der Waals surface area contributed by atoms with E-state index in [2.05, 4.69) is 0 Å². The molecule has 5 heteroatoms. The van der Waals surface area contributed by atoms with Crippen molar-refractivity contribution >= 4 is 21.4 Å². The van der Waals surface area contributed by atoms with Gasteiger partial charge < -0.3 is 4.74 Å². The van der Waals surface area contributed by atoms with Crippen molar-refractivity contribution in [3.8, 4) is 0 Å². The average molecular weight is 239 g/mol. The van der Waals surface area contributed by atoms with Gasteiger partial charge in [-0.2, -0.15) is 0 Å². The SMILES string of the molecule is O=S1(=O)CCC(C2COCCC2Cl)C1. The van der Waals surface area contributed by atoms with Crippen LogP contribution in [-0.2, 0) is 14.6 Å². The van der Waals surface area contributed by atoms with Crippen molar-refractivity contribution in [3.63, 3.8) is 0 Å². The minimum Gasteiger partial charge on any atom is -0.381 e. The van der Waals surface area contributed by atoms with Crippen LogP contribution in [0.4, 0.5) is 0 Å². The lowest BCUT2D eigenvalue weighted by Crippen LogP contribution is -2.34. The van der Waals surface area contributed by atoms with E-state index in [9.17, 15) is 8.42 Å². The van der Waals surface area contributed by atoms with E-state index < -0.39 is 9.84 Å². The molecule has 2 saturated heterocycles. The van der Waals surface area contributed by atoms with E-state index in [0.29, 0.717) is 24.7 Å². The number of ether oxygens (including phenoxy) is 1. The van der Waals surface area contributed by atoms with Gasteiger partial charge in [0.15, 0.2) is 9.84 Å². The summed E-state index contributed by atoms with van der Waals surface area (Å²) < 4.78 is 28.0. The molecule has 2 fully saturated rings. The number of hydrogen-bond acceptors (Lipinski definition) is 3. The molecule has 0 aromatic heterocycles. The van der Waals surface area contributed by atoms with Gasteiger partial charge in [0.2, 0.25) is 0 Å². The summed E-state index contributed by atoms with van der Waals surface area (Å²) in [7, 11) is -2.78. The molecule has 0 N–H and O–H groups in total. The lowest BCUT2D eigenvalue weighted by atomic mass is 9.87. The van der Waals surface area contributed by atoms with Crippen LogP contribution in [0.15, 0.2) is 0 Å². The van der Waals surface area contributed by atoms with Crippen molar-refractivity contribution in [2.24, 2.45) is 11.8 Å². The third-order valence-electron chi connectivity index (χ3n) is 3.19. The maximum Gasteiger partial charge on any atom is 0.150 e. The summed E-state index contributed by atoms with van der Waals surface area (Å²) in [5, 5.41) is 0.0991. The Morgan fingerprint density at radius 3 is 2.64 bits per heavy atom.